The standard InChI is InChI=1S/C10H15N5O2/c1-7-10(17)15(4-3-9(16)11-7)6-8-5-14(2)13-12-8/h5,7H,3-4,6H2,1-2H3,(H,11,16). The first kappa shape index (κ1) is 11.6. The molecule has 1 unspecified atom stereocenters. The fourth-order valence-corrected chi connectivity index (χ4v) is 1.82. The monoisotopic (exact) mass is 237 g/mol. The van der Waals surface area contributed by atoms with Crippen LogP contribution in [0, 0.1) is 0 Å². The number of amides is 2. The Morgan fingerprint density at radius 2 is 2.29 bits per heavy atom. The topological polar surface area (TPSA) is 80.1 Å². The third-order valence-electron chi connectivity index (χ3n) is 2.67. The van der Waals surface area contributed by atoms with Gasteiger partial charge >= 0.3 is 0 Å². The van der Waals surface area contributed by atoms with E-state index in [1.807, 2.05) is 0 Å². The van der Waals surface area contributed by atoms with E-state index in [1.165, 1.54) is 0 Å². The van der Waals surface area contributed by atoms with Crippen LogP contribution >= 0.6 is 0 Å². The minimum absolute atomic E-state index is 0.0819. The minimum atomic E-state index is -0.471. The Morgan fingerprint density at radius 1 is 1.53 bits per heavy atom. The van der Waals surface area contributed by atoms with Gasteiger partial charge < -0.3 is 10.2 Å². The molecular formula is C10H15N5O2. The number of hydrogen-bond donors (Lipinski definition) is 1. The van der Waals surface area contributed by atoms with E-state index in [1.54, 1.807) is 29.7 Å². The summed E-state index contributed by atoms with van der Waals surface area (Å²) in [5.74, 6) is -0.172. The molecule has 1 aliphatic rings. The summed E-state index contributed by atoms with van der Waals surface area (Å²) in [5.41, 5.74) is 0.724. The maximum atomic E-state index is 12.0. The maximum absolute atomic E-state index is 12.0. The lowest BCUT2D eigenvalue weighted by Gasteiger charge is -2.20. The van der Waals surface area contributed by atoms with Crippen molar-refractivity contribution < 1.29 is 9.59 Å². The van der Waals surface area contributed by atoms with Crippen LogP contribution in [-0.4, -0.2) is 44.3 Å². The second kappa shape index (κ2) is 4.52. The highest BCUT2D eigenvalue weighted by molar-refractivity contribution is 5.89. The molecule has 0 saturated carbocycles. The van der Waals surface area contributed by atoms with E-state index < -0.39 is 6.04 Å². The Morgan fingerprint density at radius 3 is 2.94 bits per heavy atom. The first-order valence-electron chi connectivity index (χ1n) is 5.49. The molecule has 0 bridgehead atoms. The predicted octanol–water partition coefficient (Wildman–Crippen LogP) is -0.948. The fraction of sp³-hybridized carbons (Fsp3) is 0.600. The van der Waals surface area contributed by atoms with E-state index in [0.717, 1.165) is 5.69 Å². The molecule has 1 atom stereocenters. The van der Waals surface area contributed by atoms with E-state index in [-0.39, 0.29) is 11.8 Å². The summed E-state index contributed by atoms with van der Waals surface area (Å²) in [6.45, 7) is 2.51. The summed E-state index contributed by atoms with van der Waals surface area (Å²) in [5, 5.41) is 10.4. The van der Waals surface area contributed by atoms with Crippen LogP contribution in [0.2, 0.25) is 0 Å². The zero-order valence-corrected chi connectivity index (χ0v) is 9.88. The number of aromatic nitrogens is 3. The van der Waals surface area contributed by atoms with Crippen molar-refractivity contribution in [2.75, 3.05) is 6.54 Å². The molecule has 1 aromatic heterocycles. The highest BCUT2D eigenvalue weighted by atomic mass is 16.2. The molecule has 2 amide bonds. The van der Waals surface area contributed by atoms with Gasteiger partial charge in [0.25, 0.3) is 0 Å². The molecule has 7 heteroatoms. The first-order valence-corrected chi connectivity index (χ1v) is 5.49. The highest BCUT2D eigenvalue weighted by Crippen LogP contribution is 2.07. The van der Waals surface area contributed by atoms with Crippen molar-refractivity contribution in [1.82, 2.24) is 25.2 Å². The van der Waals surface area contributed by atoms with Gasteiger partial charge in [-0.15, -0.1) is 5.10 Å². The summed E-state index contributed by atoms with van der Waals surface area (Å²) in [7, 11) is 1.77. The van der Waals surface area contributed by atoms with Crippen molar-refractivity contribution in [2.45, 2.75) is 25.9 Å². The number of hydrogen-bond acceptors (Lipinski definition) is 4. The molecule has 1 N–H and O–H groups in total. The first-order chi connectivity index (χ1) is 8.06. The maximum Gasteiger partial charge on any atom is 0.245 e. The van der Waals surface area contributed by atoms with Crippen LogP contribution in [0.5, 0.6) is 0 Å². The Balaban J connectivity index is 2.08. The van der Waals surface area contributed by atoms with Gasteiger partial charge in [0.1, 0.15) is 11.7 Å². The van der Waals surface area contributed by atoms with Crippen LogP contribution in [0.3, 0.4) is 0 Å². The van der Waals surface area contributed by atoms with Gasteiger partial charge in [0, 0.05) is 26.2 Å². The van der Waals surface area contributed by atoms with E-state index in [0.29, 0.717) is 19.5 Å². The zero-order chi connectivity index (χ0) is 12.4. The number of nitrogens with zero attached hydrogens (tertiary/aromatic N) is 4. The molecule has 1 fully saturated rings. The Hall–Kier alpha value is -1.92. The van der Waals surface area contributed by atoms with Gasteiger partial charge in [-0.25, -0.2) is 0 Å². The van der Waals surface area contributed by atoms with Gasteiger partial charge in [-0.3, -0.25) is 14.3 Å². The lowest BCUT2D eigenvalue weighted by Crippen LogP contribution is -2.42. The van der Waals surface area contributed by atoms with Crippen molar-refractivity contribution in [3.05, 3.63) is 11.9 Å². The molecule has 0 aromatic carbocycles. The smallest absolute Gasteiger partial charge is 0.245 e. The average Bonchev–Trinajstić information content (AvgIpc) is 2.64. The van der Waals surface area contributed by atoms with Crippen LogP contribution in [-0.2, 0) is 23.2 Å². The third-order valence-corrected chi connectivity index (χ3v) is 2.67. The van der Waals surface area contributed by atoms with Crippen molar-refractivity contribution >= 4 is 11.8 Å². The van der Waals surface area contributed by atoms with Gasteiger partial charge in [-0.05, 0) is 6.92 Å². The normalized spacial score (nSPS) is 21.3. The zero-order valence-electron chi connectivity index (χ0n) is 9.88. The molecular weight excluding hydrogens is 222 g/mol. The predicted molar refractivity (Wildman–Crippen MR) is 58.6 cm³/mol. The summed E-state index contributed by atoms with van der Waals surface area (Å²) in [6.07, 6.45) is 2.09. The summed E-state index contributed by atoms with van der Waals surface area (Å²) >= 11 is 0. The lowest BCUT2D eigenvalue weighted by molar-refractivity contribution is -0.133. The summed E-state index contributed by atoms with van der Waals surface area (Å²) in [4.78, 5) is 24.9. The number of nitrogens with one attached hydrogen (secondary N) is 1. The number of carbonyl (C=O) groups is 2. The summed E-state index contributed by atoms with van der Waals surface area (Å²) < 4.78 is 1.59. The van der Waals surface area contributed by atoms with Crippen molar-refractivity contribution in [2.24, 2.45) is 7.05 Å². The molecule has 0 spiro atoms. The molecule has 1 aliphatic heterocycles. The van der Waals surface area contributed by atoms with E-state index in [9.17, 15) is 9.59 Å². The molecule has 0 radical (unpaired) electrons. The molecule has 1 saturated heterocycles. The quantitative estimate of drug-likeness (QED) is 0.719. The molecule has 17 heavy (non-hydrogen) atoms. The van der Waals surface area contributed by atoms with Crippen LogP contribution in [0.25, 0.3) is 0 Å². The molecule has 1 aromatic rings. The lowest BCUT2D eigenvalue weighted by atomic mass is 10.3. The molecule has 0 aliphatic carbocycles. The van der Waals surface area contributed by atoms with Crippen molar-refractivity contribution in [1.29, 1.82) is 0 Å². The van der Waals surface area contributed by atoms with Gasteiger partial charge in [-0.2, -0.15) is 0 Å². The van der Waals surface area contributed by atoms with Gasteiger partial charge in [0.2, 0.25) is 11.8 Å². The third kappa shape index (κ3) is 2.61. The van der Waals surface area contributed by atoms with Crippen LogP contribution in [0.15, 0.2) is 6.20 Å². The Labute approximate surface area is 98.8 Å². The van der Waals surface area contributed by atoms with Crippen LogP contribution in [0.4, 0.5) is 0 Å². The molecule has 92 valence electrons. The Bertz CT molecular complexity index is 442. The average molecular weight is 237 g/mol. The molecule has 2 rings (SSSR count). The van der Waals surface area contributed by atoms with Crippen LogP contribution < -0.4 is 5.32 Å². The number of carbonyl (C=O) groups excluding carboxylic acids is 2. The van der Waals surface area contributed by atoms with E-state index in [2.05, 4.69) is 15.6 Å². The van der Waals surface area contributed by atoms with Gasteiger partial charge in [0.15, 0.2) is 0 Å². The molecule has 7 nitrogen and oxygen atoms in total. The Kier molecular flexibility index (Phi) is 3.08. The van der Waals surface area contributed by atoms with Crippen LogP contribution in [0.1, 0.15) is 19.0 Å². The van der Waals surface area contributed by atoms with Crippen molar-refractivity contribution in [3.63, 3.8) is 0 Å². The second-order valence-electron chi connectivity index (χ2n) is 4.18. The number of aryl methyl sites for hydroxylation is 1. The van der Waals surface area contributed by atoms with Gasteiger partial charge in [0.05, 0.1) is 6.54 Å². The van der Waals surface area contributed by atoms with E-state index >= 15 is 0 Å². The second-order valence-corrected chi connectivity index (χ2v) is 4.18. The highest BCUT2D eigenvalue weighted by Gasteiger charge is 2.26. The largest absolute Gasteiger partial charge is 0.345 e. The summed E-state index contributed by atoms with van der Waals surface area (Å²) in [6, 6.07) is -0.471. The van der Waals surface area contributed by atoms with E-state index in [4.69, 9.17) is 0 Å². The van der Waals surface area contributed by atoms with Crippen molar-refractivity contribution in [3.8, 4) is 0 Å². The molecule has 2 heterocycles. The minimum Gasteiger partial charge on any atom is -0.345 e. The van der Waals surface area contributed by atoms with Gasteiger partial charge in [-0.1, -0.05) is 5.21 Å². The fourth-order valence-electron chi connectivity index (χ4n) is 1.82. The SMILES string of the molecule is CC1NC(=O)CCN(Cc2cn(C)nn2)C1=O. The number of rotatable bonds is 2.